The maximum absolute atomic E-state index is 12.6. The first-order valence-corrected chi connectivity index (χ1v) is 12.7. The second-order valence-electron chi connectivity index (χ2n) is 8.81. The molecule has 0 aliphatic heterocycles. The van der Waals surface area contributed by atoms with Crippen molar-refractivity contribution in [1.29, 1.82) is 0 Å². The van der Waals surface area contributed by atoms with Gasteiger partial charge in [-0.1, -0.05) is 106 Å². The second kappa shape index (κ2) is 13.7. The number of hydrogen-bond acceptors (Lipinski definition) is 3. The van der Waals surface area contributed by atoms with E-state index in [1.54, 1.807) is 0 Å². The number of carbonyl (C=O) groups excluding carboxylic acids is 1. The van der Waals surface area contributed by atoms with Gasteiger partial charge in [-0.3, -0.25) is 0 Å². The number of hydrogen-bond donors (Lipinski definition) is 0. The van der Waals surface area contributed by atoms with Crippen LogP contribution in [0, 0.1) is 0 Å². The third-order valence-electron chi connectivity index (χ3n) is 6.15. The molecule has 0 aromatic heterocycles. The van der Waals surface area contributed by atoms with Gasteiger partial charge in [0.05, 0.1) is 18.3 Å². The Morgan fingerprint density at radius 1 is 0.706 bits per heavy atom. The molecule has 0 N–H and O–H groups in total. The van der Waals surface area contributed by atoms with E-state index in [2.05, 4.69) is 69.3 Å². The van der Waals surface area contributed by atoms with E-state index in [9.17, 15) is 4.79 Å². The third kappa shape index (κ3) is 7.30. The van der Waals surface area contributed by atoms with Crippen molar-refractivity contribution in [2.24, 2.45) is 0 Å². The lowest BCUT2D eigenvalue weighted by Crippen LogP contribution is -2.07. The summed E-state index contributed by atoms with van der Waals surface area (Å²) >= 11 is 0. The summed E-state index contributed by atoms with van der Waals surface area (Å²) in [5.74, 6) is -0.259. The molecule has 3 rings (SSSR count). The highest BCUT2D eigenvalue weighted by Gasteiger charge is 2.14. The van der Waals surface area contributed by atoms with Crippen LogP contribution in [0.5, 0.6) is 0 Å². The largest absolute Gasteiger partial charge is 0.462 e. The first-order chi connectivity index (χ1) is 16.6. The minimum Gasteiger partial charge on any atom is -0.462 e. The highest BCUT2D eigenvalue weighted by molar-refractivity contribution is 5.97. The van der Waals surface area contributed by atoms with Gasteiger partial charge in [0.15, 0.2) is 0 Å². The van der Waals surface area contributed by atoms with Crippen molar-refractivity contribution in [3.05, 3.63) is 83.9 Å². The van der Waals surface area contributed by atoms with Crippen LogP contribution < -0.4 is 0 Å². The van der Waals surface area contributed by atoms with Crippen molar-refractivity contribution in [1.82, 2.24) is 0 Å². The number of rotatable bonds is 13. The van der Waals surface area contributed by atoms with Crippen LogP contribution in [0.3, 0.4) is 0 Å². The zero-order chi connectivity index (χ0) is 24.2. The summed E-state index contributed by atoms with van der Waals surface area (Å²) in [6, 6.07) is 24.6. The minimum atomic E-state index is -0.259. The van der Waals surface area contributed by atoms with Crippen LogP contribution in [0.15, 0.2) is 72.8 Å². The SMILES string of the molecule is CCCCCCOC(C)c1ccc(-c2ccc(-c3ccccc3C(=O)OCCCC)cc2)cc1. The molecule has 0 aliphatic carbocycles. The Hall–Kier alpha value is -2.91. The van der Waals surface area contributed by atoms with Crippen molar-refractivity contribution >= 4 is 5.97 Å². The van der Waals surface area contributed by atoms with Crippen LogP contribution in [0.4, 0.5) is 0 Å². The van der Waals surface area contributed by atoms with Crippen LogP contribution in [0.2, 0.25) is 0 Å². The quantitative estimate of drug-likeness (QED) is 0.190. The number of benzene rings is 3. The number of carbonyl (C=O) groups is 1. The normalized spacial score (nSPS) is 11.9. The van der Waals surface area contributed by atoms with Crippen LogP contribution in [-0.2, 0) is 9.47 Å². The van der Waals surface area contributed by atoms with E-state index in [1.165, 1.54) is 24.8 Å². The van der Waals surface area contributed by atoms with E-state index in [-0.39, 0.29) is 12.1 Å². The highest BCUT2D eigenvalue weighted by atomic mass is 16.5. The van der Waals surface area contributed by atoms with E-state index in [0.29, 0.717) is 12.2 Å². The van der Waals surface area contributed by atoms with Crippen molar-refractivity contribution in [2.45, 2.75) is 65.4 Å². The lowest BCUT2D eigenvalue weighted by atomic mass is 9.96. The molecule has 0 bridgehead atoms. The molecule has 0 radical (unpaired) electrons. The number of ether oxygens (including phenoxy) is 2. The van der Waals surface area contributed by atoms with Gasteiger partial charge < -0.3 is 9.47 Å². The predicted molar refractivity (Wildman–Crippen MR) is 141 cm³/mol. The Kier molecular flexibility index (Phi) is 10.4. The fourth-order valence-electron chi connectivity index (χ4n) is 3.97. The third-order valence-corrected chi connectivity index (χ3v) is 6.15. The van der Waals surface area contributed by atoms with Crippen LogP contribution >= 0.6 is 0 Å². The van der Waals surface area contributed by atoms with Gasteiger partial charge in [-0.05, 0) is 53.6 Å². The molecule has 3 nitrogen and oxygen atoms in total. The molecule has 0 spiro atoms. The van der Waals surface area contributed by atoms with Crippen molar-refractivity contribution in [3.63, 3.8) is 0 Å². The topological polar surface area (TPSA) is 35.5 Å². The molecule has 0 saturated heterocycles. The molecule has 0 aliphatic rings. The summed E-state index contributed by atoms with van der Waals surface area (Å²) in [6.45, 7) is 7.71. The van der Waals surface area contributed by atoms with Crippen LogP contribution in [0.25, 0.3) is 22.3 Å². The smallest absolute Gasteiger partial charge is 0.338 e. The van der Waals surface area contributed by atoms with E-state index in [4.69, 9.17) is 9.47 Å². The second-order valence-corrected chi connectivity index (χ2v) is 8.81. The summed E-state index contributed by atoms with van der Waals surface area (Å²) in [7, 11) is 0. The van der Waals surface area contributed by atoms with Gasteiger partial charge in [-0.25, -0.2) is 4.79 Å². The van der Waals surface area contributed by atoms with Gasteiger partial charge in [0.2, 0.25) is 0 Å². The highest BCUT2D eigenvalue weighted by Crippen LogP contribution is 2.29. The van der Waals surface area contributed by atoms with Gasteiger partial charge in [-0.2, -0.15) is 0 Å². The fraction of sp³-hybridized carbons (Fsp3) is 0.387. The Bertz CT molecular complexity index is 1010. The molecule has 3 aromatic rings. The lowest BCUT2D eigenvalue weighted by Gasteiger charge is -2.14. The Labute approximate surface area is 205 Å². The van der Waals surface area contributed by atoms with Gasteiger partial charge in [0.25, 0.3) is 0 Å². The summed E-state index contributed by atoms with van der Waals surface area (Å²) in [6.07, 6.45) is 6.88. The Balaban J connectivity index is 1.65. The molecule has 3 heteroatoms. The van der Waals surface area contributed by atoms with Crippen molar-refractivity contribution in [3.8, 4) is 22.3 Å². The summed E-state index contributed by atoms with van der Waals surface area (Å²) in [5, 5.41) is 0. The molecule has 1 unspecified atom stereocenters. The maximum atomic E-state index is 12.6. The maximum Gasteiger partial charge on any atom is 0.338 e. The zero-order valence-corrected chi connectivity index (χ0v) is 20.9. The van der Waals surface area contributed by atoms with E-state index >= 15 is 0 Å². The van der Waals surface area contributed by atoms with E-state index < -0.39 is 0 Å². The summed E-state index contributed by atoms with van der Waals surface area (Å²) in [4.78, 5) is 12.6. The van der Waals surface area contributed by atoms with Crippen molar-refractivity contribution < 1.29 is 14.3 Å². The van der Waals surface area contributed by atoms with Crippen LogP contribution in [-0.4, -0.2) is 19.2 Å². The average molecular weight is 459 g/mol. The number of esters is 1. The molecular formula is C31H38O3. The zero-order valence-electron chi connectivity index (χ0n) is 20.9. The van der Waals surface area contributed by atoms with E-state index in [0.717, 1.165) is 48.1 Å². The summed E-state index contributed by atoms with van der Waals surface area (Å²) in [5.41, 5.74) is 6.03. The molecule has 1 atom stereocenters. The monoisotopic (exact) mass is 458 g/mol. The lowest BCUT2D eigenvalue weighted by molar-refractivity contribution is 0.0500. The van der Waals surface area contributed by atoms with Crippen molar-refractivity contribution in [2.75, 3.05) is 13.2 Å². The van der Waals surface area contributed by atoms with E-state index in [1.807, 2.05) is 24.3 Å². The molecule has 34 heavy (non-hydrogen) atoms. The molecular weight excluding hydrogens is 420 g/mol. The Morgan fingerprint density at radius 3 is 2.00 bits per heavy atom. The Morgan fingerprint density at radius 2 is 1.32 bits per heavy atom. The van der Waals surface area contributed by atoms with Crippen LogP contribution in [0.1, 0.15) is 81.3 Å². The van der Waals surface area contributed by atoms with Gasteiger partial charge in [0.1, 0.15) is 0 Å². The molecule has 0 amide bonds. The molecule has 0 saturated carbocycles. The first-order valence-electron chi connectivity index (χ1n) is 12.7. The van der Waals surface area contributed by atoms with Gasteiger partial charge in [0, 0.05) is 6.61 Å². The number of unbranched alkanes of at least 4 members (excludes halogenated alkanes) is 4. The summed E-state index contributed by atoms with van der Waals surface area (Å²) < 4.78 is 11.5. The molecule has 3 aromatic carbocycles. The molecule has 0 fully saturated rings. The standard InChI is InChI=1S/C31H38O3/c1-4-6-8-11-23-33-24(3)25-14-16-26(17-15-25)27-18-20-28(21-19-27)29-12-9-10-13-30(29)31(32)34-22-7-5-2/h9-10,12-21,24H,4-8,11,22-23H2,1-3H3. The van der Waals surface area contributed by atoms with Gasteiger partial charge >= 0.3 is 5.97 Å². The molecule has 0 heterocycles. The fourth-order valence-corrected chi connectivity index (χ4v) is 3.97. The average Bonchev–Trinajstić information content (AvgIpc) is 2.89. The first kappa shape index (κ1) is 25.7. The predicted octanol–water partition coefficient (Wildman–Crippen LogP) is 8.64. The minimum absolute atomic E-state index is 0.103. The molecule has 180 valence electrons. The van der Waals surface area contributed by atoms with Gasteiger partial charge in [-0.15, -0.1) is 0 Å².